The van der Waals surface area contributed by atoms with Crippen molar-refractivity contribution in [2.75, 3.05) is 6.61 Å². The molecule has 0 aromatic heterocycles. The van der Waals surface area contributed by atoms with Gasteiger partial charge in [-0.15, -0.1) is 12.3 Å². The molecule has 0 aliphatic carbocycles. The molecule has 0 fully saturated rings. The lowest BCUT2D eigenvalue weighted by molar-refractivity contribution is 0.311. The average molecular weight is 253 g/mol. The molecule has 14 heavy (non-hydrogen) atoms. The van der Waals surface area contributed by atoms with Gasteiger partial charge in [-0.3, -0.25) is 0 Å². The Morgan fingerprint density at radius 2 is 2.29 bits per heavy atom. The van der Waals surface area contributed by atoms with Gasteiger partial charge in [-0.1, -0.05) is 15.9 Å². The number of unbranched alkanes of at least 4 members (excludes halogenated alkanes) is 1. The summed E-state index contributed by atoms with van der Waals surface area (Å²) < 4.78 is 6.65. The smallest absolute Gasteiger partial charge is 0.122 e. The highest BCUT2D eigenvalue weighted by atomic mass is 79.9. The van der Waals surface area contributed by atoms with Gasteiger partial charge in [0.05, 0.1) is 6.61 Å². The summed E-state index contributed by atoms with van der Waals surface area (Å²) in [7, 11) is 0. The van der Waals surface area contributed by atoms with E-state index in [4.69, 9.17) is 11.2 Å². The van der Waals surface area contributed by atoms with Crippen molar-refractivity contribution in [1.82, 2.24) is 0 Å². The largest absolute Gasteiger partial charge is 0.493 e. The van der Waals surface area contributed by atoms with Crippen LogP contribution in [0.1, 0.15) is 18.4 Å². The van der Waals surface area contributed by atoms with Gasteiger partial charge >= 0.3 is 0 Å². The maximum atomic E-state index is 5.58. The molecule has 0 heterocycles. The molecular weight excluding hydrogens is 240 g/mol. The van der Waals surface area contributed by atoms with Crippen molar-refractivity contribution in [2.45, 2.75) is 19.8 Å². The lowest BCUT2D eigenvalue weighted by Crippen LogP contribution is -1.98. The van der Waals surface area contributed by atoms with E-state index in [1.807, 2.05) is 25.1 Å². The van der Waals surface area contributed by atoms with Crippen molar-refractivity contribution in [1.29, 1.82) is 0 Å². The fourth-order valence-electron chi connectivity index (χ4n) is 1.13. The highest BCUT2D eigenvalue weighted by Gasteiger charge is 1.98. The first kappa shape index (κ1) is 11.1. The molecule has 1 aromatic carbocycles. The van der Waals surface area contributed by atoms with Gasteiger partial charge in [-0.25, -0.2) is 0 Å². The summed E-state index contributed by atoms with van der Waals surface area (Å²) in [5.41, 5.74) is 1.14. The maximum absolute atomic E-state index is 5.58. The number of rotatable bonds is 4. The lowest BCUT2D eigenvalue weighted by atomic mass is 10.2. The quantitative estimate of drug-likeness (QED) is 0.589. The predicted molar refractivity (Wildman–Crippen MR) is 62.4 cm³/mol. The monoisotopic (exact) mass is 252 g/mol. The third kappa shape index (κ3) is 3.43. The molecule has 1 rings (SSSR count). The van der Waals surface area contributed by atoms with Gasteiger partial charge in [0.25, 0.3) is 0 Å². The van der Waals surface area contributed by atoms with E-state index in [0.717, 1.165) is 28.6 Å². The lowest BCUT2D eigenvalue weighted by Gasteiger charge is -2.08. The minimum Gasteiger partial charge on any atom is -0.493 e. The molecule has 0 aliphatic heterocycles. The van der Waals surface area contributed by atoms with Crippen LogP contribution in [0.25, 0.3) is 0 Å². The second-order valence-corrected chi connectivity index (χ2v) is 3.98. The van der Waals surface area contributed by atoms with Crippen molar-refractivity contribution < 1.29 is 4.74 Å². The van der Waals surface area contributed by atoms with Gasteiger partial charge in [0.1, 0.15) is 5.75 Å². The summed E-state index contributed by atoms with van der Waals surface area (Å²) >= 11 is 3.41. The van der Waals surface area contributed by atoms with Crippen LogP contribution in [0, 0.1) is 19.3 Å². The van der Waals surface area contributed by atoms with Crippen LogP contribution >= 0.6 is 15.9 Å². The molecule has 0 bridgehead atoms. The predicted octanol–water partition coefficient (Wildman–Crippen LogP) is 3.55. The van der Waals surface area contributed by atoms with E-state index < -0.39 is 0 Å². The Balaban J connectivity index is 2.47. The highest BCUT2D eigenvalue weighted by molar-refractivity contribution is 9.10. The summed E-state index contributed by atoms with van der Waals surface area (Å²) in [5.74, 6) is 3.53. The molecule has 0 N–H and O–H groups in total. The second-order valence-electron chi connectivity index (χ2n) is 3.07. The molecular formula is C12H13BrO. The van der Waals surface area contributed by atoms with E-state index in [1.54, 1.807) is 0 Å². The van der Waals surface area contributed by atoms with E-state index in [0.29, 0.717) is 6.61 Å². The summed E-state index contributed by atoms with van der Waals surface area (Å²) in [6.07, 6.45) is 6.83. The van der Waals surface area contributed by atoms with Crippen molar-refractivity contribution in [3.8, 4) is 18.1 Å². The molecule has 0 saturated heterocycles. The normalized spacial score (nSPS) is 9.50. The van der Waals surface area contributed by atoms with Crippen molar-refractivity contribution in [3.05, 3.63) is 28.2 Å². The van der Waals surface area contributed by atoms with Crippen LogP contribution in [0.5, 0.6) is 5.75 Å². The van der Waals surface area contributed by atoms with Gasteiger partial charge in [-0.05, 0) is 37.1 Å². The summed E-state index contributed by atoms with van der Waals surface area (Å²) in [4.78, 5) is 0. The first-order chi connectivity index (χ1) is 6.74. The summed E-state index contributed by atoms with van der Waals surface area (Å²) in [5, 5.41) is 0. The topological polar surface area (TPSA) is 9.23 Å². The molecule has 2 heteroatoms. The molecule has 0 unspecified atom stereocenters. The standard InChI is InChI=1S/C12H13BrO/c1-3-4-5-8-14-12-7-6-11(13)9-10(12)2/h1,6-7,9H,4-5,8H2,2H3. The molecule has 0 amide bonds. The van der Waals surface area contributed by atoms with Crippen LogP contribution in [-0.4, -0.2) is 6.61 Å². The third-order valence-corrected chi connectivity index (χ3v) is 2.35. The number of ether oxygens (including phenoxy) is 1. The van der Waals surface area contributed by atoms with E-state index in [1.165, 1.54) is 0 Å². The zero-order valence-corrected chi connectivity index (χ0v) is 9.80. The number of terminal acetylenes is 1. The van der Waals surface area contributed by atoms with E-state index >= 15 is 0 Å². The zero-order chi connectivity index (χ0) is 10.4. The van der Waals surface area contributed by atoms with Crippen molar-refractivity contribution in [2.24, 2.45) is 0 Å². The Morgan fingerprint density at radius 3 is 2.93 bits per heavy atom. The summed E-state index contributed by atoms with van der Waals surface area (Å²) in [6.45, 7) is 2.72. The Morgan fingerprint density at radius 1 is 1.50 bits per heavy atom. The molecule has 1 nitrogen and oxygen atoms in total. The number of benzene rings is 1. The van der Waals surface area contributed by atoms with Crippen molar-refractivity contribution in [3.63, 3.8) is 0 Å². The molecule has 1 aromatic rings. The van der Waals surface area contributed by atoms with Crippen molar-refractivity contribution >= 4 is 15.9 Å². The number of hydrogen-bond acceptors (Lipinski definition) is 1. The molecule has 0 radical (unpaired) electrons. The number of hydrogen-bond donors (Lipinski definition) is 0. The number of halogens is 1. The fourth-order valence-corrected chi connectivity index (χ4v) is 1.61. The summed E-state index contributed by atoms with van der Waals surface area (Å²) in [6, 6.07) is 5.98. The Kier molecular flexibility index (Phi) is 4.55. The van der Waals surface area contributed by atoms with Crippen LogP contribution in [-0.2, 0) is 0 Å². The molecule has 0 saturated carbocycles. The number of aryl methyl sites for hydroxylation is 1. The van der Waals surface area contributed by atoms with E-state index in [9.17, 15) is 0 Å². The van der Waals surface area contributed by atoms with Gasteiger partial charge < -0.3 is 4.74 Å². The van der Waals surface area contributed by atoms with Gasteiger partial charge in [0, 0.05) is 10.9 Å². The Bertz CT molecular complexity index is 339. The van der Waals surface area contributed by atoms with E-state index in [2.05, 4.69) is 21.9 Å². The second kappa shape index (κ2) is 5.72. The first-order valence-electron chi connectivity index (χ1n) is 4.56. The zero-order valence-electron chi connectivity index (χ0n) is 8.22. The SMILES string of the molecule is C#CCCCOc1ccc(Br)cc1C. The average Bonchev–Trinajstić information content (AvgIpc) is 2.15. The first-order valence-corrected chi connectivity index (χ1v) is 5.36. The van der Waals surface area contributed by atoms with Gasteiger partial charge in [-0.2, -0.15) is 0 Å². The van der Waals surface area contributed by atoms with Crippen LogP contribution in [0.4, 0.5) is 0 Å². The minimum atomic E-state index is 0.687. The molecule has 0 spiro atoms. The van der Waals surface area contributed by atoms with Crippen LogP contribution < -0.4 is 4.74 Å². The van der Waals surface area contributed by atoms with Crippen LogP contribution in [0.2, 0.25) is 0 Å². The Labute approximate surface area is 93.6 Å². The fraction of sp³-hybridized carbons (Fsp3) is 0.333. The molecule has 0 aliphatic rings. The highest BCUT2D eigenvalue weighted by Crippen LogP contribution is 2.22. The van der Waals surface area contributed by atoms with Crippen LogP contribution in [0.3, 0.4) is 0 Å². The molecule has 0 atom stereocenters. The minimum absolute atomic E-state index is 0.687. The Hall–Kier alpha value is -0.940. The van der Waals surface area contributed by atoms with Crippen LogP contribution in [0.15, 0.2) is 22.7 Å². The third-order valence-electron chi connectivity index (χ3n) is 1.86. The van der Waals surface area contributed by atoms with E-state index in [-0.39, 0.29) is 0 Å². The van der Waals surface area contributed by atoms with Gasteiger partial charge in [0.2, 0.25) is 0 Å². The maximum Gasteiger partial charge on any atom is 0.122 e. The van der Waals surface area contributed by atoms with Gasteiger partial charge in [0.15, 0.2) is 0 Å². The molecule has 74 valence electrons.